The van der Waals surface area contributed by atoms with E-state index in [4.69, 9.17) is 4.74 Å². The zero-order valence-corrected chi connectivity index (χ0v) is 14.9. The summed E-state index contributed by atoms with van der Waals surface area (Å²) in [6.45, 7) is 1.94. The Morgan fingerprint density at radius 2 is 2.15 bits per heavy atom. The Hall–Kier alpha value is -1.85. The lowest BCUT2D eigenvalue weighted by atomic mass is 9.38. The number of esters is 1. The molecular weight excluding hydrogens is 328 g/mol. The Balaban J connectivity index is 1.69. The number of carbonyl (C=O) groups is 1. The number of nitrogens with zero attached hydrogens (tertiary/aromatic N) is 1. The molecule has 3 aliphatic carbocycles. The van der Waals surface area contributed by atoms with Crippen LogP contribution in [0.3, 0.4) is 0 Å². The molecule has 3 spiro atoms. The number of benzene rings is 1. The predicted octanol–water partition coefficient (Wildman–Crippen LogP) is 1.68. The largest absolute Gasteiger partial charge is 0.469 e. The first-order chi connectivity index (χ1) is 12.6. The third-order valence-electron chi connectivity index (χ3n) is 8.27. The Bertz CT molecular complexity index is 853. The first-order valence-electron chi connectivity index (χ1n) is 9.66. The van der Waals surface area contributed by atoms with Gasteiger partial charge in [0, 0.05) is 29.1 Å². The summed E-state index contributed by atoms with van der Waals surface area (Å²) in [5.74, 6) is -0.834. The van der Waals surface area contributed by atoms with Gasteiger partial charge in [0.15, 0.2) is 0 Å². The van der Waals surface area contributed by atoms with Crippen LogP contribution in [0.4, 0.5) is 5.69 Å². The van der Waals surface area contributed by atoms with Gasteiger partial charge in [-0.2, -0.15) is 0 Å². The smallest absolute Gasteiger partial charge is 0.313 e. The zero-order valence-electron chi connectivity index (χ0n) is 14.9. The van der Waals surface area contributed by atoms with Crippen LogP contribution < -0.4 is 5.32 Å². The molecule has 0 amide bonds. The number of aliphatic hydroxyl groups is 1. The molecule has 5 heteroatoms. The van der Waals surface area contributed by atoms with Gasteiger partial charge in [0.25, 0.3) is 0 Å². The van der Waals surface area contributed by atoms with Gasteiger partial charge in [0.1, 0.15) is 5.92 Å². The fourth-order valence-corrected chi connectivity index (χ4v) is 7.59. The molecular formula is C21H24N2O3. The summed E-state index contributed by atoms with van der Waals surface area (Å²) >= 11 is 0. The number of hydrogen-bond donors (Lipinski definition) is 2. The number of aliphatic hydroxyl groups excluding tert-OH is 1. The van der Waals surface area contributed by atoms with Crippen LogP contribution in [-0.4, -0.2) is 53.9 Å². The lowest BCUT2D eigenvalue weighted by Crippen LogP contribution is -2.81. The molecule has 2 bridgehead atoms. The first kappa shape index (κ1) is 15.2. The normalized spacial score (nSPS) is 47.1. The molecule has 6 aliphatic rings. The van der Waals surface area contributed by atoms with Gasteiger partial charge in [-0.25, -0.2) is 0 Å². The van der Waals surface area contributed by atoms with Crippen molar-refractivity contribution < 1.29 is 14.6 Å². The highest BCUT2D eigenvalue weighted by Crippen LogP contribution is 2.73. The Morgan fingerprint density at radius 1 is 1.31 bits per heavy atom. The van der Waals surface area contributed by atoms with Crippen LogP contribution in [0.5, 0.6) is 0 Å². The van der Waals surface area contributed by atoms with Gasteiger partial charge >= 0.3 is 5.97 Å². The number of rotatable bonds is 1. The second kappa shape index (κ2) is 4.52. The van der Waals surface area contributed by atoms with Gasteiger partial charge in [0.2, 0.25) is 0 Å². The molecule has 3 aliphatic heterocycles. The minimum absolute atomic E-state index is 0.148. The van der Waals surface area contributed by atoms with Crippen molar-refractivity contribution >= 4 is 11.7 Å². The SMILES string of the molecule is COC(=O)[C@@H]1[C@@H](O)[C@@]23C=CCN4CC[C@@]5(c6ccccc6N[C@]15CC2)[C@@H]43. The maximum absolute atomic E-state index is 12.9. The van der Waals surface area contributed by atoms with E-state index >= 15 is 0 Å². The molecule has 5 nitrogen and oxygen atoms in total. The monoisotopic (exact) mass is 352 g/mol. The summed E-state index contributed by atoms with van der Waals surface area (Å²) in [4.78, 5) is 15.5. The van der Waals surface area contributed by atoms with Gasteiger partial charge in [-0.3, -0.25) is 9.69 Å². The molecule has 4 fully saturated rings. The van der Waals surface area contributed by atoms with E-state index in [0.29, 0.717) is 0 Å². The highest BCUT2D eigenvalue weighted by atomic mass is 16.5. The van der Waals surface area contributed by atoms with E-state index in [9.17, 15) is 9.90 Å². The quantitative estimate of drug-likeness (QED) is 0.595. The van der Waals surface area contributed by atoms with Crippen molar-refractivity contribution in [2.24, 2.45) is 11.3 Å². The molecule has 6 atom stereocenters. The summed E-state index contributed by atoms with van der Waals surface area (Å²) in [5, 5.41) is 15.3. The van der Waals surface area contributed by atoms with Crippen LogP contribution in [-0.2, 0) is 14.9 Å². The second-order valence-corrected chi connectivity index (χ2v) is 8.72. The van der Waals surface area contributed by atoms with Crippen LogP contribution in [0.1, 0.15) is 24.8 Å². The van der Waals surface area contributed by atoms with E-state index in [-0.39, 0.29) is 22.8 Å². The Kier molecular flexibility index (Phi) is 2.65. The number of nitrogens with one attached hydrogen (secondary N) is 1. The van der Waals surface area contributed by atoms with Gasteiger partial charge in [-0.1, -0.05) is 30.4 Å². The van der Waals surface area contributed by atoms with Crippen molar-refractivity contribution in [3.63, 3.8) is 0 Å². The van der Waals surface area contributed by atoms with Crippen molar-refractivity contribution in [1.29, 1.82) is 0 Å². The molecule has 1 saturated heterocycles. The van der Waals surface area contributed by atoms with Crippen molar-refractivity contribution in [3.8, 4) is 0 Å². The Morgan fingerprint density at radius 3 is 3.00 bits per heavy atom. The second-order valence-electron chi connectivity index (χ2n) is 8.72. The van der Waals surface area contributed by atoms with Crippen molar-refractivity contribution in [1.82, 2.24) is 4.90 Å². The van der Waals surface area contributed by atoms with Crippen LogP contribution >= 0.6 is 0 Å². The van der Waals surface area contributed by atoms with E-state index in [1.807, 2.05) is 0 Å². The molecule has 136 valence electrons. The van der Waals surface area contributed by atoms with E-state index in [1.165, 1.54) is 12.7 Å². The number of fused-ring (bicyclic) bond motifs is 3. The number of anilines is 1. The van der Waals surface area contributed by atoms with Crippen LogP contribution in [0.25, 0.3) is 0 Å². The molecule has 0 radical (unpaired) electrons. The van der Waals surface area contributed by atoms with Crippen LogP contribution in [0.15, 0.2) is 36.4 Å². The van der Waals surface area contributed by atoms with Crippen molar-refractivity contribution in [2.75, 3.05) is 25.5 Å². The highest BCUT2D eigenvalue weighted by molar-refractivity contribution is 5.81. The van der Waals surface area contributed by atoms with Crippen molar-refractivity contribution in [2.45, 2.75) is 42.4 Å². The molecule has 1 aromatic carbocycles. The molecule has 3 saturated carbocycles. The van der Waals surface area contributed by atoms with Crippen LogP contribution in [0.2, 0.25) is 0 Å². The molecule has 0 unspecified atom stereocenters. The predicted molar refractivity (Wildman–Crippen MR) is 96.8 cm³/mol. The van der Waals surface area contributed by atoms with Gasteiger partial charge in [-0.15, -0.1) is 0 Å². The fraction of sp³-hybridized carbons (Fsp3) is 0.571. The summed E-state index contributed by atoms with van der Waals surface area (Å²) in [5.41, 5.74) is 1.48. The van der Waals surface area contributed by atoms with Gasteiger partial charge in [0.05, 0.1) is 18.8 Å². The number of ether oxygens (including phenoxy) is 1. The molecule has 0 aromatic heterocycles. The summed E-state index contributed by atoms with van der Waals surface area (Å²) < 4.78 is 5.22. The Labute approximate surface area is 153 Å². The van der Waals surface area contributed by atoms with E-state index in [1.54, 1.807) is 0 Å². The lowest BCUT2D eigenvalue weighted by Gasteiger charge is -2.69. The zero-order chi connectivity index (χ0) is 17.7. The average molecular weight is 352 g/mol. The van der Waals surface area contributed by atoms with E-state index < -0.39 is 17.6 Å². The minimum atomic E-state index is -0.721. The third kappa shape index (κ3) is 1.30. The maximum atomic E-state index is 12.9. The average Bonchev–Trinajstić information content (AvgIpc) is 3.20. The third-order valence-corrected chi connectivity index (χ3v) is 8.27. The number of methoxy groups -OCH3 is 1. The standard InChI is InChI=1S/C21H24N2O3/c1-26-17(25)15-16(24)19-7-4-11-23-12-10-20(18(19)23)13-5-2-3-6-14(13)22-21(15,20)9-8-19/h2-7,15-16,18,22,24H,8-12H2,1H3/t15-,16+,18-,19+,20+,21+/m0/s1. The highest BCUT2D eigenvalue weighted by Gasteiger charge is 2.81. The van der Waals surface area contributed by atoms with Gasteiger partial charge < -0.3 is 15.2 Å². The lowest BCUT2D eigenvalue weighted by molar-refractivity contribution is -0.193. The van der Waals surface area contributed by atoms with E-state index in [2.05, 4.69) is 46.6 Å². The first-order valence-corrected chi connectivity index (χ1v) is 9.66. The van der Waals surface area contributed by atoms with Gasteiger partial charge in [-0.05, 0) is 37.4 Å². The van der Waals surface area contributed by atoms with Crippen LogP contribution in [0, 0.1) is 11.3 Å². The fourth-order valence-electron chi connectivity index (χ4n) is 7.59. The topological polar surface area (TPSA) is 61.8 Å². The summed E-state index contributed by atoms with van der Waals surface area (Å²) in [6.07, 6.45) is 6.51. The van der Waals surface area contributed by atoms with E-state index in [0.717, 1.165) is 38.0 Å². The molecule has 3 heterocycles. The molecule has 26 heavy (non-hydrogen) atoms. The minimum Gasteiger partial charge on any atom is -0.469 e. The summed E-state index contributed by atoms with van der Waals surface area (Å²) in [6, 6.07) is 8.75. The number of carbonyl (C=O) groups excluding carboxylic acids is 1. The molecule has 2 N–H and O–H groups in total. The maximum Gasteiger partial charge on any atom is 0.313 e. The number of hydrogen-bond acceptors (Lipinski definition) is 5. The molecule has 7 rings (SSSR count). The molecule has 1 aromatic rings. The summed E-state index contributed by atoms with van der Waals surface area (Å²) in [7, 11) is 1.44. The van der Waals surface area contributed by atoms with Crippen molar-refractivity contribution in [3.05, 3.63) is 42.0 Å². The number of para-hydroxylation sites is 1.